The van der Waals surface area contributed by atoms with Crippen LogP contribution < -0.4 is 4.90 Å². The lowest BCUT2D eigenvalue weighted by molar-refractivity contribution is 0.0438. The van der Waals surface area contributed by atoms with Gasteiger partial charge in [-0.1, -0.05) is 6.07 Å². The summed E-state index contributed by atoms with van der Waals surface area (Å²) in [4.78, 5) is 25.2. The van der Waals surface area contributed by atoms with Crippen molar-refractivity contribution in [2.75, 3.05) is 26.1 Å². The van der Waals surface area contributed by atoms with E-state index in [1.165, 1.54) is 13.2 Å². The van der Waals surface area contributed by atoms with E-state index in [1.54, 1.807) is 24.3 Å². The molecule has 22 heavy (non-hydrogen) atoms. The third-order valence-corrected chi connectivity index (χ3v) is 2.99. The van der Waals surface area contributed by atoms with Gasteiger partial charge >= 0.3 is 11.9 Å². The maximum Gasteiger partial charge on any atom is 0.373 e. The first-order chi connectivity index (χ1) is 10.5. The second-order valence-corrected chi connectivity index (χ2v) is 4.78. The number of hydrogen-bond acceptors (Lipinski definition) is 6. The van der Waals surface area contributed by atoms with E-state index in [4.69, 9.17) is 9.15 Å². The smallest absolute Gasteiger partial charge is 0.373 e. The summed E-state index contributed by atoms with van der Waals surface area (Å²) in [6.07, 6.45) is 0. The van der Waals surface area contributed by atoms with Crippen LogP contribution in [0.25, 0.3) is 0 Å². The number of furan rings is 1. The molecule has 0 amide bonds. The van der Waals surface area contributed by atoms with Crippen LogP contribution in [-0.2, 0) is 16.1 Å². The molecular formula is C16H17NO5. The zero-order chi connectivity index (χ0) is 16.1. The monoisotopic (exact) mass is 303 g/mol. The first-order valence-electron chi connectivity index (χ1n) is 6.63. The van der Waals surface area contributed by atoms with E-state index < -0.39 is 11.9 Å². The van der Waals surface area contributed by atoms with Gasteiger partial charge in [-0.15, -0.1) is 0 Å². The Bertz CT molecular complexity index is 675. The van der Waals surface area contributed by atoms with E-state index in [9.17, 15) is 9.59 Å². The van der Waals surface area contributed by atoms with Crippen molar-refractivity contribution in [3.8, 4) is 0 Å². The van der Waals surface area contributed by atoms with Gasteiger partial charge in [0.2, 0.25) is 5.76 Å². The van der Waals surface area contributed by atoms with Crippen LogP contribution in [0.3, 0.4) is 0 Å². The Morgan fingerprint density at radius 3 is 2.59 bits per heavy atom. The zero-order valence-corrected chi connectivity index (χ0v) is 12.7. The molecule has 0 aliphatic heterocycles. The molecular weight excluding hydrogens is 286 g/mol. The van der Waals surface area contributed by atoms with Gasteiger partial charge < -0.3 is 18.8 Å². The highest BCUT2D eigenvalue weighted by molar-refractivity contribution is 5.90. The van der Waals surface area contributed by atoms with Crippen LogP contribution in [0, 0.1) is 0 Å². The highest BCUT2D eigenvalue weighted by Crippen LogP contribution is 2.16. The van der Waals surface area contributed by atoms with Gasteiger partial charge in [-0.3, -0.25) is 0 Å². The van der Waals surface area contributed by atoms with Gasteiger partial charge in [0, 0.05) is 19.8 Å². The summed E-state index contributed by atoms with van der Waals surface area (Å²) in [6, 6.07) is 10.1. The molecule has 6 nitrogen and oxygen atoms in total. The molecule has 1 aromatic heterocycles. The average Bonchev–Trinajstić information content (AvgIpc) is 3.00. The van der Waals surface area contributed by atoms with E-state index in [-0.39, 0.29) is 12.4 Å². The summed E-state index contributed by atoms with van der Waals surface area (Å²) in [6.45, 7) is -0.0536. The van der Waals surface area contributed by atoms with Gasteiger partial charge in [0.1, 0.15) is 12.4 Å². The minimum atomic E-state index is -0.573. The number of rotatable bonds is 5. The molecule has 0 aliphatic rings. The number of benzene rings is 1. The first-order valence-corrected chi connectivity index (χ1v) is 6.63. The quantitative estimate of drug-likeness (QED) is 0.790. The van der Waals surface area contributed by atoms with Crippen molar-refractivity contribution >= 4 is 17.6 Å². The molecule has 6 heteroatoms. The van der Waals surface area contributed by atoms with Gasteiger partial charge in [-0.2, -0.15) is 0 Å². The molecule has 0 N–H and O–H groups in total. The molecule has 1 heterocycles. The largest absolute Gasteiger partial charge is 0.463 e. The van der Waals surface area contributed by atoms with Gasteiger partial charge in [-0.05, 0) is 30.3 Å². The standard InChI is InChI=1S/C16H17NO5/c1-17(2)12-6-4-5-11(9-12)15(18)21-10-13-7-8-14(22-13)16(19)20-3/h4-9H,10H2,1-3H3. The average molecular weight is 303 g/mol. The van der Waals surface area contributed by atoms with Crippen LogP contribution in [0.15, 0.2) is 40.8 Å². The Hall–Kier alpha value is -2.76. The number of methoxy groups -OCH3 is 1. The SMILES string of the molecule is COC(=O)c1ccc(COC(=O)c2cccc(N(C)C)c2)o1. The Labute approximate surface area is 128 Å². The van der Waals surface area contributed by atoms with Crippen molar-refractivity contribution in [3.63, 3.8) is 0 Å². The molecule has 0 atom stereocenters. The number of nitrogens with zero attached hydrogens (tertiary/aromatic N) is 1. The third-order valence-electron chi connectivity index (χ3n) is 2.99. The van der Waals surface area contributed by atoms with E-state index in [0.717, 1.165) is 5.69 Å². The van der Waals surface area contributed by atoms with E-state index in [1.807, 2.05) is 25.1 Å². The van der Waals surface area contributed by atoms with Crippen molar-refractivity contribution in [1.82, 2.24) is 0 Å². The summed E-state index contributed by atoms with van der Waals surface area (Å²) in [7, 11) is 5.05. The fraction of sp³-hybridized carbons (Fsp3) is 0.250. The fourth-order valence-electron chi connectivity index (χ4n) is 1.80. The van der Waals surface area contributed by atoms with Gasteiger partial charge in [0.15, 0.2) is 0 Å². The van der Waals surface area contributed by atoms with Gasteiger partial charge in [0.05, 0.1) is 12.7 Å². The number of ether oxygens (including phenoxy) is 2. The molecule has 1 aromatic carbocycles. The maximum atomic E-state index is 12.0. The van der Waals surface area contributed by atoms with Crippen molar-refractivity contribution in [3.05, 3.63) is 53.5 Å². The lowest BCUT2D eigenvalue weighted by atomic mass is 10.2. The second-order valence-electron chi connectivity index (χ2n) is 4.78. The number of carbonyl (C=O) groups excluding carboxylic acids is 2. The van der Waals surface area contributed by atoms with Crippen LogP contribution in [0.1, 0.15) is 26.7 Å². The Morgan fingerprint density at radius 2 is 1.91 bits per heavy atom. The van der Waals surface area contributed by atoms with Crippen molar-refractivity contribution < 1.29 is 23.5 Å². The summed E-state index contributed by atoms with van der Waals surface area (Å²) in [5.74, 6) is -0.586. The first kappa shape index (κ1) is 15.6. The number of anilines is 1. The van der Waals surface area contributed by atoms with Crippen molar-refractivity contribution in [2.24, 2.45) is 0 Å². The number of esters is 2. The predicted octanol–water partition coefficient (Wildman–Crippen LogP) is 2.49. The number of hydrogen-bond donors (Lipinski definition) is 0. The molecule has 0 saturated carbocycles. The van der Waals surface area contributed by atoms with Crippen LogP contribution in [-0.4, -0.2) is 33.1 Å². The molecule has 0 radical (unpaired) electrons. The van der Waals surface area contributed by atoms with Crippen LogP contribution in [0.2, 0.25) is 0 Å². The summed E-state index contributed by atoms with van der Waals surface area (Å²) < 4.78 is 14.9. The summed E-state index contributed by atoms with van der Waals surface area (Å²) in [5.41, 5.74) is 1.35. The fourth-order valence-corrected chi connectivity index (χ4v) is 1.80. The lowest BCUT2D eigenvalue weighted by Gasteiger charge is -2.13. The van der Waals surface area contributed by atoms with E-state index >= 15 is 0 Å². The Balaban J connectivity index is 1.99. The maximum absolute atomic E-state index is 12.0. The minimum Gasteiger partial charge on any atom is -0.463 e. The Morgan fingerprint density at radius 1 is 1.14 bits per heavy atom. The van der Waals surface area contributed by atoms with Crippen molar-refractivity contribution in [1.29, 1.82) is 0 Å². The zero-order valence-electron chi connectivity index (χ0n) is 12.7. The molecule has 2 rings (SSSR count). The molecule has 2 aromatic rings. The number of carbonyl (C=O) groups is 2. The highest BCUT2D eigenvalue weighted by atomic mass is 16.5. The molecule has 0 unspecified atom stereocenters. The van der Waals surface area contributed by atoms with E-state index in [0.29, 0.717) is 11.3 Å². The van der Waals surface area contributed by atoms with Crippen LogP contribution >= 0.6 is 0 Å². The van der Waals surface area contributed by atoms with Crippen molar-refractivity contribution in [2.45, 2.75) is 6.61 Å². The molecule has 0 saturated heterocycles. The predicted molar refractivity (Wildman–Crippen MR) is 79.9 cm³/mol. The minimum absolute atomic E-state index is 0.0536. The van der Waals surface area contributed by atoms with Crippen LogP contribution in [0.5, 0.6) is 0 Å². The Kier molecular flexibility index (Phi) is 4.83. The van der Waals surface area contributed by atoms with Gasteiger partial charge in [-0.25, -0.2) is 9.59 Å². The normalized spacial score (nSPS) is 10.1. The molecule has 0 spiro atoms. The molecule has 0 bridgehead atoms. The molecule has 0 aliphatic carbocycles. The second kappa shape index (κ2) is 6.80. The summed E-state index contributed by atoms with van der Waals surface area (Å²) in [5, 5.41) is 0. The lowest BCUT2D eigenvalue weighted by Crippen LogP contribution is -2.10. The van der Waals surface area contributed by atoms with Gasteiger partial charge in [0.25, 0.3) is 0 Å². The molecule has 0 fully saturated rings. The third kappa shape index (κ3) is 3.66. The van der Waals surface area contributed by atoms with E-state index in [2.05, 4.69) is 4.74 Å². The molecule has 116 valence electrons. The topological polar surface area (TPSA) is 69.0 Å². The summed E-state index contributed by atoms with van der Waals surface area (Å²) >= 11 is 0. The highest BCUT2D eigenvalue weighted by Gasteiger charge is 2.13. The van der Waals surface area contributed by atoms with Crippen LogP contribution in [0.4, 0.5) is 5.69 Å².